The highest BCUT2D eigenvalue weighted by molar-refractivity contribution is 5.95. The van der Waals surface area contributed by atoms with Crippen molar-refractivity contribution in [2.75, 3.05) is 23.3 Å². The Labute approximate surface area is 166 Å². The number of nitrogens with one attached hydrogen (secondary N) is 1. The zero-order valence-electron chi connectivity index (χ0n) is 15.5. The maximum absolute atomic E-state index is 12.7. The van der Waals surface area contributed by atoms with Crippen LogP contribution in [0.5, 0.6) is 0 Å². The molecule has 1 amide bonds. The summed E-state index contributed by atoms with van der Waals surface area (Å²) < 4.78 is 1.76. The lowest BCUT2D eigenvalue weighted by atomic mass is 9.97. The molecule has 148 valence electrons. The van der Waals surface area contributed by atoms with Gasteiger partial charge in [-0.1, -0.05) is 12.1 Å². The van der Waals surface area contributed by atoms with Gasteiger partial charge in [0, 0.05) is 31.5 Å². The Hall–Kier alpha value is -3.82. The number of hydrogen-bond donors (Lipinski definition) is 1. The second kappa shape index (κ2) is 8.05. The van der Waals surface area contributed by atoms with Crippen molar-refractivity contribution in [3.8, 4) is 5.82 Å². The number of anilines is 2. The molecule has 4 rings (SSSR count). The number of nitrogens with zero attached hydrogens (tertiary/aromatic N) is 6. The topological polar surface area (TPSA) is 119 Å². The van der Waals surface area contributed by atoms with Gasteiger partial charge in [-0.05, 0) is 31.0 Å². The van der Waals surface area contributed by atoms with Gasteiger partial charge in [-0.25, -0.2) is 4.98 Å². The van der Waals surface area contributed by atoms with Crippen molar-refractivity contribution in [1.29, 1.82) is 0 Å². The second-order valence-electron chi connectivity index (χ2n) is 6.77. The molecule has 0 radical (unpaired) electrons. The van der Waals surface area contributed by atoms with Crippen molar-refractivity contribution >= 4 is 23.1 Å². The first-order chi connectivity index (χ1) is 14.1. The van der Waals surface area contributed by atoms with Gasteiger partial charge in [0.1, 0.15) is 12.0 Å². The molecular weight excluding hydrogens is 374 g/mol. The second-order valence-corrected chi connectivity index (χ2v) is 6.77. The summed E-state index contributed by atoms with van der Waals surface area (Å²) in [5.41, 5.74) is 0.0959. The number of carbonyl (C=O) groups is 1. The number of aromatic nitrogens is 4. The number of carbonyl (C=O) groups excluding carboxylic acids is 1. The fourth-order valence-electron chi connectivity index (χ4n) is 3.39. The normalized spacial score (nSPS) is 16.4. The minimum atomic E-state index is -0.500. The predicted molar refractivity (Wildman–Crippen MR) is 106 cm³/mol. The minimum absolute atomic E-state index is 0.116. The van der Waals surface area contributed by atoms with E-state index in [1.807, 2.05) is 17.0 Å². The summed E-state index contributed by atoms with van der Waals surface area (Å²) in [5.74, 6) is 0.830. The quantitative estimate of drug-likeness (QED) is 0.522. The number of nitro benzene ring substituents is 1. The van der Waals surface area contributed by atoms with Crippen molar-refractivity contribution in [2.45, 2.75) is 12.8 Å². The van der Waals surface area contributed by atoms with E-state index in [0.29, 0.717) is 24.6 Å². The zero-order chi connectivity index (χ0) is 20.2. The Morgan fingerprint density at radius 1 is 1.17 bits per heavy atom. The van der Waals surface area contributed by atoms with Crippen LogP contribution in [0.2, 0.25) is 0 Å². The average Bonchev–Trinajstić information content (AvgIpc) is 3.29. The highest BCUT2D eigenvalue weighted by atomic mass is 16.6. The van der Waals surface area contributed by atoms with Crippen LogP contribution in [-0.4, -0.2) is 43.7 Å². The molecular formula is C19H19N7O3. The first-order valence-electron chi connectivity index (χ1n) is 9.23. The van der Waals surface area contributed by atoms with Crippen LogP contribution in [-0.2, 0) is 4.79 Å². The van der Waals surface area contributed by atoms with Crippen LogP contribution >= 0.6 is 0 Å². The van der Waals surface area contributed by atoms with Crippen LogP contribution < -0.4 is 10.2 Å². The van der Waals surface area contributed by atoms with Gasteiger partial charge < -0.3 is 10.2 Å². The Kier molecular flexibility index (Phi) is 5.14. The summed E-state index contributed by atoms with van der Waals surface area (Å²) in [5, 5.41) is 22.4. The van der Waals surface area contributed by atoms with E-state index in [1.54, 1.807) is 35.4 Å². The molecule has 1 aromatic carbocycles. The number of nitro groups is 1. The average molecular weight is 393 g/mol. The van der Waals surface area contributed by atoms with Crippen LogP contribution in [0.15, 0.2) is 55.1 Å². The van der Waals surface area contributed by atoms with Crippen LogP contribution in [0.1, 0.15) is 12.8 Å². The lowest BCUT2D eigenvalue weighted by molar-refractivity contribution is -0.383. The van der Waals surface area contributed by atoms with Gasteiger partial charge in [0.05, 0.1) is 10.8 Å². The van der Waals surface area contributed by atoms with E-state index in [-0.39, 0.29) is 23.2 Å². The monoisotopic (exact) mass is 393 g/mol. The summed E-state index contributed by atoms with van der Waals surface area (Å²) in [4.78, 5) is 29.4. The molecule has 0 bridgehead atoms. The van der Waals surface area contributed by atoms with Crippen molar-refractivity contribution in [3.63, 3.8) is 0 Å². The number of hydrogen-bond acceptors (Lipinski definition) is 7. The molecule has 1 saturated heterocycles. The smallest absolute Gasteiger partial charge is 0.292 e. The predicted octanol–water partition coefficient (Wildman–Crippen LogP) is 2.43. The molecule has 29 heavy (non-hydrogen) atoms. The molecule has 3 heterocycles. The number of rotatable bonds is 5. The van der Waals surface area contributed by atoms with E-state index >= 15 is 0 Å². The molecule has 1 aliphatic rings. The Morgan fingerprint density at radius 3 is 2.69 bits per heavy atom. The fourth-order valence-corrected chi connectivity index (χ4v) is 3.39. The van der Waals surface area contributed by atoms with Gasteiger partial charge in [-0.2, -0.15) is 0 Å². The molecule has 1 aliphatic heterocycles. The summed E-state index contributed by atoms with van der Waals surface area (Å²) in [7, 11) is 0. The summed E-state index contributed by atoms with van der Waals surface area (Å²) in [6.07, 6.45) is 6.63. The fraction of sp³-hybridized carbons (Fsp3) is 0.263. The maximum atomic E-state index is 12.7. The maximum Gasteiger partial charge on any atom is 0.292 e. The molecule has 0 aliphatic carbocycles. The van der Waals surface area contributed by atoms with E-state index < -0.39 is 4.92 Å². The van der Waals surface area contributed by atoms with Crippen LogP contribution in [0.4, 0.5) is 17.2 Å². The van der Waals surface area contributed by atoms with Crippen molar-refractivity contribution < 1.29 is 9.72 Å². The number of amides is 1. The zero-order valence-corrected chi connectivity index (χ0v) is 15.5. The van der Waals surface area contributed by atoms with Crippen molar-refractivity contribution in [1.82, 2.24) is 19.7 Å². The van der Waals surface area contributed by atoms with Gasteiger partial charge in [-0.3, -0.25) is 19.5 Å². The minimum Gasteiger partial charge on any atom is -0.354 e. The Morgan fingerprint density at radius 2 is 1.97 bits per heavy atom. The Balaban J connectivity index is 1.44. The molecule has 0 saturated carbocycles. The molecule has 3 aromatic rings. The molecule has 1 N–H and O–H groups in total. The number of para-hydroxylation sites is 2. The highest BCUT2D eigenvalue weighted by Crippen LogP contribution is 2.26. The Bertz CT molecular complexity index is 1000. The highest BCUT2D eigenvalue weighted by Gasteiger charge is 2.28. The van der Waals surface area contributed by atoms with Crippen LogP contribution in [0.3, 0.4) is 0 Å². The third-order valence-electron chi connectivity index (χ3n) is 4.88. The standard InChI is InChI=1S/C19H19N7O3/c27-19(21-15-5-1-2-6-16(15)26(28)29)14-4-3-10-24(12-14)17-7-8-18(23-22-17)25-11-9-20-13-25/h1-2,5-9,11,13-14H,3-4,10,12H2,(H,21,27). The lowest BCUT2D eigenvalue weighted by Crippen LogP contribution is -2.41. The number of piperidine rings is 1. The summed E-state index contributed by atoms with van der Waals surface area (Å²) >= 11 is 0. The molecule has 10 heteroatoms. The lowest BCUT2D eigenvalue weighted by Gasteiger charge is -2.32. The summed E-state index contributed by atoms with van der Waals surface area (Å²) in [6.45, 7) is 1.25. The van der Waals surface area contributed by atoms with Gasteiger partial charge in [0.15, 0.2) is 11.6 Å². The first-order valence-corrected chi connectivity index (χ1v) is 9.23. The van der Waals surface area contributed by atoms with E-state index in [2.05, 4.69) is 20.5 Å². The van der Waals surface area contributed by atoms with Gasteiger partial charge in [-0.15, -0.1) is 10.2 Å². The van der Waals surface area contributed by atoms with E-state index in [9.17, 15) is 14.9 Å². The van der Waals surface area contributed by atoms with E-state index in [4.69, 9.17) is 0 Å². The molecule has 0 spiro atoms. The van der Waals surface area contributed by atoms with Crippen LogP contribution in [0, 0.1) is 16.0 Å². The largest absolute Gasteiger partial charge is 0.354 e. The molecule has 2 aromatic heterocycles. The SMILES string of the molecule is O=C(Nc1ccccc1[N+](=O)[O-])C1CCCN(c2ccc(-n3ccnc3)nn2)C1. The third kappa shape index (κ3) is 4.05. The van der Waals surface area contributed by atoms with E-state index in [1.165, 1.54) is 12.1 Å². The van der Waals surface area contributed by atoms with Gasteiger partial charge >= 0.3 is 0 Å². The number of benzene rings is 1. The molecule has 1 fully saturated rings. The third-order valence-corrected chi connectivity index (χ3v) is 4.88. The van der Waals surface area contributed by atoms with E-state index in [0.717, 1.165) is 13.0 Å². The van der Waals surface area contributed by atoms with Crippen molar-refractivity contribution in [2.24, 2.45) is 5.92 Å². The van der Waals surface area contributed by atoms with Gasteiger partial charge in [0.25, 0.3) is 5.69 Å². The number of imidazole rings is 1. The molecule has 1 unspecified atom stereocenters. The van der Waals surface area contributed by atoms with Crippen molar-refractivity contribution in [3.05, 3.63) is 65.2 Å². The first kappa shape index (κ1) is 18.5. The molecule has 1 atom stereocenters. The summed E-state index contributed by atoms with van der Waals surface area (Å²) in [6, 6.07) is 9.86. The van der Waals surface area contributed by atoms with Gasteiger partial charge in [0.2, 0.25) is 5.91 Å². The van der Waals surface area contributed by atoms with Crippen LogP contribution in [0.25, 0.3) is 5.82 Å². The molecule has 10 nitrogen and oxygen atoms in total.